The molecule has 1 aromatic carbocycles. The molecule has 1 saturated heterocycles. The lowest BCUT2D eigenvalue weighted by Gasteiger charge is -2.26. The smallest absolute Gasteiger partial charge is 0.226 e. The number of hydrogen-bond donors (Lipinski definition) is 0. The summed E-state index contributed by atoms with van der Waals surface area (Å²) in [4.78, 5) is 19.3. The Labute approximate surface area is 159 Å². The number of likely N-dealkylation sites (tertiary alicyclic amines) is 1. The fourth-order valence-corrected chi connectivity index (χ4v) is 4.42. The second kappa shape index (κ2) is 6.87. The normalized spacial score (nSPS) is 26.5. The lowest BCUT2D eigenvalue weighted by molar-refractivity contribution is -0.133. The minimum Gasteiger partial charge on any atom is -0.490 e. The van der Waals surface area contributed by atoms with E-state index in [4.69, 9.17) is 9.47 Å². The zero-order valence-electron chi connectivity index (χ0n) is 15.3. The first kappa shape index (κ1) is 16.6. The summed E-state index contributed by atoms with van der Waals surface area (Å²) in [7, 11) is 0. The summed E-state index contributed by atoms with van der Waals surface area (Å²) in [6.45, 7) is 2.22. The van der Waals surface area contributed by atoms with Gasteiger partial charge in [-0.2, -0.15) is 0 Å². The number of carbonyl (C=O) groups excluding carboxylic acids is 1. The van der Waals surface area contributed by atoms with Gasteiger partial charge in [-0.05, 0) is 60.6 Å². The van der Waals surface area contributed by atoms with E-state index in [9.17, 15) is 4.79 Å². The summed E-state index contributed by atoms with van der Waals surface area (Å²) in [5.41, 5.74) is 2.39. The molecule has 0 unspecified atom stereocenters. The first-order chi connectivity index (χ1) is 13.3. The number of amides is 1. The third-order valence-electron chi connectivity index (χ3n) is 5.93. The van der Waals surface area contributed by atoms with Crippen LogP contribution in [0.3, 0.4) is 0 Å². The van der Waals surface area contributed by atoms with Gasteiger partial charge in [-0.3, -0.25) is 9.78 Å². The van der Waals surface area contributed by atoms with E-state index < -0.39 is 0 Å². The van der Waals surface area contributed by atoms with Crippen LogP contribution in [0, 0.1) is 5.92 Å². The Morgan fingerprint density at radius 1 is 1.00 bits per heavy atom. The standard InChI is InChI=1S/C22H24N2O3/c25-22(18-14-17(18)15-6-8-23-9-7-15)24-10-1-3-19(24)16-4-5-20-21(13-16)27-12-2-11-26-20/h4-9,13,17-19H,1-3,10-12,14H2/t17-,18+,19+/m0/s1. The quantitative estimate of drug-likeness (QED) is 0.833. The van der Waals surface area contributed by atoms with Gasteiger partial charge in [0.25, 0.3) is 0 Å². The Morgan fingerprint density at radius 2 is 1.81 bits per heavy atom. The van der Waals surface area contributed by atoms with E-state index in [1.165, 1.54) is 5.56 Å². The summed E-state index contributed by atoms with van der Waals surface area (Å²) < 4.78 is 11.6. The third kappa shape index (κ3) is 3.15. The molecule has 140 valence electrons. The van der Waals surface area contributed by atoms with Crippen molar-refractivity contribution in [2.75, 3.05) is 19.8 Å². The number of ether oxygens (including phenoxy) is 2. The molecule has 5 heteroatoms. The first-order valence-corrected chi connectivity index (χ1v) is 9.91. The van der Waals surface area contributed by atoms with E-state index in [2.05, 4.69) is 22.0 Å². The molecule has 5 rings (SSSR count). The minimum atomic E-state index is 0.119. The van der Waals surface area contributed by atoms with Crippen molar-refractivity contribution in [3.05, 3.63) is 53.9 Å². The van der Waals surface area contributed by atoms with E-state index in [1.807, 2.05) is 30.6 Å². The fourth-order valence-electron chi connectivity index (χ4n) is 4.42. The number of pyridine rings is 1. The summed E-state index contributed by atoms with van der Waals surface area (Å²) in [6, 6.07) is 10.4. The number of carbonyl (C=O) groups is 1. The predicted molar refractivity (Wildman–Crippen MR) is 101 cm³/mol. The number of fused-ring (bicyclic) bond motifs is 1. The van der Waals surface area contributed by atoms with Crippen molar-refractivity contribution < 1.29 is 14.3 Å². The first-order valence-electron chi connectivity index (χ1n) is 9.91. The van der Waals surface area contributed by atoms with E-state index >= 15 is 0 Å². The van der Waals surface area contributed by atoms with Crippen molar-refractivity contribution in [2.45, 2.75) is 37.6 Å². The van der Waals surface area contributed by atoms with Crippen LogP contribution >= 0.6 is 0 Å². The SMILES string of the molecule is O=C([C@@H]1C[C@H]1c1ccncc1)N1CCC[C@@H]1c1ccc2c(c1)OCCCO2. The zero-order valence-corrected chi connectivity index (χ0v) is 15.3. The van der Waals surface area contributed by atoms with E-state index in [0.29, 0.717) is 25.0 Å². The van der Waals surface area contributed by atoms with Gasteiger partial charge < -0.3 is 14.4 Å². The molecule has 0 N–H and O–H groups in total. The number of hydrogen-bond acceptors (Lipinski definition) is 4. The van der Waals surface area contributed by atoms with Crippen LogP contribution in [0.2, 0.25) is 0 Å². The molecular weight excluding hydrogens is 340 g/mol. The van der Waals surface area contributed by atoms with Gasteiger partial charge in [0.15, 0.2) is 11.5 Å². The van der Waals surface area contributed by atoms with Crippen molar-refractivity contribution in [3.63, 3.8) is 0 Å². The largest absolute Gasteiger partial charge is 0.490 e. The summed E-state index contributed by atoms with van der Waals surface area (Å²) in [5, 5.41) is 0. The molecule has 1 aromatic heterocycles. The maximum atomic E-state index is 13.2. The van der Waals surface area contributed by atoms with Gasteiger partial charge in [0, 0.05) is 31.3 Å². The molecule has 2 aromatic rings. The molecule has 27 heavy (non-hydrogen) atoms. The van der Waals surface area contributed by atoms with Crippen LogP contribution in [0.4, 0.5) is 0 Å². The van der Waals surface area contributed by atoms with Crippen LogP contribution in [0.15, 0.2) is 42.7 Å². The average Bonchev–Trinajstić information content (AvgIpc) is 3.42. The van der Waals surface area contributed by atoms with E-state index in [0.717, 1.165) is 49.3 Å². The van der Waals surface area contributed by atoms with Gasteiger partial charge in [0.05, 0.1) is 19.3 Å². The molecule has 1 aliphatic carbocycles. The highest BCUT2D eigenvalue weighted by atomic mass is 16.5. The van der Waals surface area contributed by atoms with Crippen LogP contribution in [-0.4, -0.2) is 35.5 Å². The molecule has 1 amide bonds. The minimum absolute atomic E-state index is 0.119. The number of benzene rings is 1. The van der Waals surface area contributed by atoms with Crippen LogP contribution in [0.1, 0.15) is 48.8 Å². The molecule has 1 saturated carbocycles. The van der Waals surface area contributed by atoms with Gasteiger partial charge in [-0.25, -0.2) is 0 Å². The summed E-state index contributed by atoms with van der Waals surface area (Å²) in [6.07, 6.45) is 7.54. The maximum Gasteiger partial charge on any atom is 0.226 e. The molecule has 2 fully saturated rings. The van der Waals surface area contributed by atoms with Gasteiger partial charge >= 0.3 is 0 Å². The second-order valence-corrected chi connectivity index (χ2v) is 7.68. The Hall–Kier alpha value is -2.56. The Kier molecular flexibility index (Phi) is 4.23. The Bertz CT molecular complexity index is 839. The van der Waals surface area contributed by atoms with Crippen molar-refractivity contribution >= 4 is 5.91 Å². The van der Waals surface area contributed by atoms with Gasteiger partial charge in [-0.1, -0.05) is 6.07 Å². The van der Waals surface area contributed by atoms with Gasteiger partial charge in [-0.15, -0.1) is 0 Å². The number of aromatic nitrogens is 1. The lowest BCUT2D eigenvalue weighted by Crippen LogP contribution is -2.32. The fraction of sp³-hybridized carbons (Fsp3) is 0.455. The Morgan fingerprint density at radius 3 is 2.67 bits per heavy atom. The highest BCUT2D eigenvalue weighted by Crippen LogP contribution is 2.50. The van der Waals surface area contributed by atoms with E-state index in [-0.39, 0.29) is 12.0 Å². The molecule has 2 aliphatic heterocycles. The monoisotopic (exact) mass is 364 g/mol. The number of rotatable bonds is 3. The highest BCUT2D eigenvalue weighted by molar-refractivity contribution is 5.83. The zero-order chi connectivity index (χ0) is 18.2. The summed E-state index contributed by atoms with van der Waals surface area (Å²) in [5.74, 6) is 2.39. The van der Waals surface area contributed by atoms with Crippen molar-refractivity contribution in [1.82, 2.24) is 9.88 Å². The predicted octanol–water partition coefficient (Wildman–Crippen LogP) is 3.71. The van der Waals surface area contributed by atoms with Crippen LogP contribution in [0.25, 0.3) is 0 Å². The molecule has 3 aliphatic rings. The molecule has 3 heterocycles. The molecule has 0 bridgehead atoms. The molecule has 0 radical (unpaired) electrons. The van der Waals surface area contributed by atoms with Gasteiger partial charge in [0.2, 0.25) is 5.91 Å². The van der Waals surface area contributed by atoms with E-state index in [1.54, 1.807) is 0 Å². The van der Waals surface area contributed by atoms with Crippen molar-refractivity contribution in [2.24, 2.45) is 5.92 Å². The van der Waals surface area contributed by atoms with Crippen LogP contribution in [0.5, 0.6) is 11.5 Å². The lowest BCUT2D eigenvalue weighted by atomic mass is 10.0. The topological polar surface area (TPSA) is 51.7 Å². The van der Waals surface area contributed by atoms with Crippen LogP contribution < -0.4 is 9.47 Å². The van der Waals surface area contributed by atoms with Gasteiger partial charge in [0.1, 0.15) is 0 Å². The maximum absolute atomic E-state index is 13.2. The molecule has 3 atom stereocenters. The third-order valence-corrected chi connectivity index (χ3v) is 5.93. The van der Waals surface area contributed by atoms with Crippen molar-refractivity contribution in [1.29, 1.82) is 0 Å². The molecular formula is C22H24N2O3. The Balaban J connectivity index is 1.34. The number of nitrogens with zero attached hydrogens (tertiary/aromatic N) is 2. The van der Waals surface area contributed by atoms with Crippen molar-refractivity contribution in [3.8, 4) is 11.5 Å². The molecule has 5 nitrogen and oxygen atoms in total. The van der Waals surface area contributed by atoms with Crippen LogP contribution in [-0.2, 0) is 4.79 Å². The molecule has 0 spiro atoms. The average molecular weight is 364 g/mol. The summed E-state index contributed by atoms with van der Waals surface area (Å²) >= 11 is 0. The second-order valence-electron chi connectivity index (χ2n) is 7.68. The highest BCUT2D eigenvalue weighted by Gasteiger charge is 2.47.